The largest absolute Gasteiger partial charge is 0.416 e. The highest BCUT2D eigenvalue weighted by atomic mass is 19.4. The molecule has 0 aliphatic carbocycles. The van der Waals surface area contributed by atoms with Crippen LogP contribution in [0, 0.1) is 0 Å². The number of hydrogen-bond acceptors (Lipinski definition) is 5. The first-order chi connectivity index (χ1) is 12.8. The van der Waals surface area contributed by atoms with Crippen LogP contribution in [0.25, 0.3) is 11.4 Å². The summed E-state index contributed by atoms with van der Waals surface area (Å²) in [5.41, 5.74) is 1.06. The van der Waals surface area contributed by atoms with Gasteiger partial charge in [0.25, 0.3) is 0 Å². The van der Waals surface area contributed by atoms with Crippen LogP contribution in [0.4, 0.5) is 24.5 Å². The molecule has 3 aromatic rings. The van der Waals surface area contributed by atoms with Gasteiger partial charge in [0.2, 0.25) is 5.82 Å². The Morgan fingerprint density at radius 1 is 1.04 bits per heavy atom. The van der Waals surface area contributed by atoms with E-state index in [1.54, 1.807) is 38.1 Å². The molecule has 0 saturated carbocycles. The number of aliphatic hydroxyl groups excluding tert-OH is 1. The number of aliphatic hydroxyl groups is 1. The third-order valence-electron chi connectivity index (χ3n) is 4.15. The number of benzene rings is 2. The summed E-state index contributed by atoms with van der Waals surface area (Å²) < 4.78 is 38.1. The molecule has 0 saturated heterocycles. The molecule has 2 aromatic carbocycles. The second-order valence-electron chi connectivity index (χ2n) is 6.16. The highest BCUT2D eigenvalue weighted by Crippen LogP contribution is 2.32. The number of nitrogens with one attached hydrogen (secondary N) is 1. The molecule has 0 aliphatic heterocycles. The van der Waals surface area contributed by atoms with E-state index in [2.05, 4.69) is 20.7 Å². The number of rotatable bonds is 5. The molecule has 2 N–H and O–H groups in total. The molecule has 0 radical (unpaired) electrons. The van der Waals surface area contributed by atoms with Gasteiger partial charge in [-0.05, 0) is 55.5 Å². The van der Waals surface area contributed by atoms with E-state index in [0.29, 0.717) is 22.8 Å². The summed E-state index contributed by atoms with van der Waals surface area (Å²) in [6.45, 7) is 3.40. The maximum Gasteiger partial charge on any atom is 0.416 e. The van der Waals surface area contributed by atoms with E-state index in [4.69, 9.17) is 0 Å². The number of para-hydroxylation sites is 1. The van der Waals surface area contributed by atoms with Crippen LogP contribution in [0.5, 0.6) is 0 Å². The van der Waals surface area contributed by atoms with Crippen LogP contribution >= 0.6 is 0 Å². The lowest BCUT2D eigenvalue weighted by atomic mass is 10.1. The van der Waals surface area contributed by atoms with Gasteiger partial charge in [-0.3, -0.25) is 0 Å². The Labute approximate surface area is 153 Å². The number of halogens is 3. The number of hydrogen-bond donors (Lipinski definition) is 2. The summed E-state index contributed by atoms with van der Waals surface area (Å²) in [6.07, 6.45) is -5.02. The fourth-order valence-electron chi connectivity index (χ4n) is 2.38. The normalized spacial score (nSPS) is 14.0. The van der Waals surface area contributed by atoms with Crippen molar-refractivity contribution in [1.29, 1.82) is 0 Å². The lowest BCUT2D eigenvalue weighted by Crippen LogP contribution is -2.20. The van der Waals surface area contributed by atoms with Gasteiger partial charge in [0.15, 0.2) is 0 Å². The Morgan fingerprint density at radius 3 is 2.33 bits per heavy atom. The Morgan fingerprint density at radius 2 is 1.70 bits per heavy atom. The number of aromatic nitrogens is 4. The van der Waals surface area contributed by atoms with Gasteiger partial charge in [-0.15, -0.1) is 10.2 Å². The smallest absolute Gasteiger partial charge is 0.391 e. The quantitative estimate of drug-likeness (QED) is 0.702. The molecule has 2 atom stereocenters. The van der Waals surface area contributed by atoms with Gasteiger partial charge in [0.1, 0.15) is 0 Å². The number of alkyl halides is 3. The fourth-order valence-corrected chi connectivity index (χ4v) is 2.38. The maximum atomic E-state index is 12.7. The highest BCUT2D eigenvalue weighted by Gasteiger charge is 2.30. The minimum absolute atomic E-state index is 0.345. The molecule has 1 unspecified atom stereocenters. The zero-order valence-electron chi connectivity index (χ0n) is 14.6. The summed E-state index contributed by atoms with van der Waals surface area (Å²) in [5.74, 6) is 0.345. The summed E-state index contributed by atoms with van der Waals surface area (Å²) in [7, 11) is 0. The molecule has 0 amide bonds. The van der Waals surface area contributed by atoms with E-state index in [9.17, 15) is 18.3 Å². The van der Waals surface area contributed by atoms with E-state index in [1.807, 2.05) is 0 Å². The monoisotopic (exact) mass is 377 g/mol. The molecule has 1 heterocycles. The van der Waals surface area contributed by atoms with Crippen LogP contribution in [0.1, 0.15) is 25.5 Å². The molecule has 27 heavy (non-hydrogen) atoms. The number of tetrazole rings is 1. The van der Waals surface area contributed by atoms with Gasteiger partial charge in [-0.25, -0.2) is 0 Å². The van der Waals surface area contributed by atoms with Crippen molar-refractivity contribution in [1.82, 2.24) is 20.2 Å². The first-order valence-corrected chi connectivity index (χ1v) is 8.27. The van der Waals surface area contributed by atoms with Crippen molar-refractivity contribution in [3.05, 3.63) is 54.1 Å². The van der Waals surface area contributed by atoms with Gasteiger partial charge in [-0.1, -0.05) is 12.1 Å². The SMILES string of the molecule is CC(O)[C@H](C)n1nnc(-c2ccccc2Nc2ccc(C(F)(F)F)cc2)n1. The van der Waals surface area contributed by atoms with E-state index in [1.165, 1.54) is 16.9 Å². The standard InChI is InChI=1S/C18H18F3N5O/c1-11(12(2)27)26-24-17(23-25-26)15-5-3-4-6-16(15)22-14-9-7-13(8-10-14)18(19,20)21/h3-12,22,27H,1-2H3/t11-,12?/m0/s1. The molecule has 6 nitrogen and oxygen atoms in total. The van der Waals surface area contributed by atoms with E-state index in [-0.39, 0.29) is 6.04 Å². The first-order valence-electron chi connectivity index (χ1n) is 8.27. The van der Waals surface area contributed by atoms with Crippen molar-refractivity contribution in [2.45, 2.75) is 32.2 Å². The van der Waals surface area contributed by atoms with Gasteiger partial charge in [0.05, 0.1) is 17.7 Å². The molecule has 0 aliphatic rings. The Kier molecular flexibility index (Phi) is 5.13. The molecule has 9 heteroatoms. The lowest BCUT2D eigenvalue weighted by Gasteiger charge is -2.12. The summed E-state index contributed by atoms with van der Waals surface area (Å²) in [5, 5.41) is 25.0. The molecular weight excluding hydrogens is 359 g/mol. The second kappa shape index (κ2) is 7.36. The summed E-state index contributed by atoms with van der Waals surface area (Å²) in [4.78, 5) is 1.33. The summed E-state index contributed by atoms with van der Waals surface area (Å²) >= 11 is 0. The lowest BCUT2D eigenvalue weighted by molar-refractivity contribution is -0.137. The Hall–Kier alpha value is -2.94. The van der Waals surface area contributed by atoms with Crippen LogP contribution in [0.3, 0.4) is 0 Å². The highest BCUT2D eigenvalue weighted by molar-refractivity contribution is 5.77. The summed E-state index contributed by atoms with van der Waals surface area (Å²) in [6, 6.07) is 11.5. The fraction of sp³-hybridized carbons (Fsp3) is 0.278. The zero-order chi connectivity index (χ0) is 19.6. The van der Waals surface area contributed by atoms with E-state index in [0.717, 1.165) is 12.1 Å². The Bertz CT molecular complexity index is 906. The van der Waals surface area contributed by atoms with Crippen molar-refractivity contribution < 1.29 is 18.3 Å². The molecule has 0 spiro atoms. The molecular formula is C18H18F3N5O. The van der Waals surface area contributed by atoms with Crippen molar-refractivity contribution in [2.75, 3.05) is 5.32 Å². The minimum atomic E-state index is -4.38. The first kappa shape index (κ1) is 18.8. The topological polar surface area (TPSA) is 75.9 Å². The molecule has 142 valence electrons. The van der Waals surface area contributed by atoms with Gasteiger partial charge >= 0.3 is 6.18 Å². The van der Waals surface area contributed by atoms with Crippen molar-refractivity contribution in [3.63, 3.8) is 0 Å². The van der Waals surface area contributed by atoms with E-state index >= 15 is 0 Å². The van der Waals surface area contributed by atoms with Gasteiger partial charge < -0.3 is 10.4 Å². The predicted octanol–water partition coefficient (Wildman–Crippen LogP) is 4.04. The van der Waals surface area contributed by atoms with Crippen molar-refractivity contribution in [3.8, 4) is 11.4 Å². The van der Waals surface area contributed by atoms with E-state index < -0.39 is 17.8 Å². The zero-order valence-corrected chi connectivity index (χ0v) is 14.6. The third-order valence-corrected chi connectivity index (χ3v) is 4.15. The molecule has 0 fully saturated rings. The van der Waals surface area contributed by atoms with Crippen LogP contribution in [-0.4, -0.2) is 31.4 Å². The maximum absolute atomic E-state index is 12.7. The third kappa shape index (κ3) is 4.25. The van der Waals surface area contributed by atoms with Crippen LogP contribution in [-0.2, 0) is 6.18 Å². The van der Waals surface area contributed by atoms with Crippen LogP contribution in [0.15, 0.2) is 48.5 Å². The molecule has 1 aromatic heterocycles. The Balaban J connectivity index is 1.87. The number of anilines is 2. The minimum Gasteiger partial charge on any atom is -0.391 e. The van der Waals surface area contributed by atoms with Gasteiger partial charge in [-0.2, -0.15) is 18.0 Å². The average Bonchev–Trinajstić information content (AvgIpc) is 3.11. The predicted molar refractivity (Wildman–Crippen MR) is 94.4 cm³/mol. The van der Waals surface area contributed by atoms with Crippen molar-refractivity contribution >= 4 is 11.4 Å². The number of nitrogens with zero attached hydrogens (tertiary/aromatic N) is 4. The van der Waals surface area contributed by atoms with Gasteiger partial charge in [0, 0.05) is 16.9 Å². The van der Waals surface area contributed by atoms with Crippen LogP contribution < -0.4 is 5.32 Å². The van der Waals surface area contributed by atoms with Crippen molar-refractivity contribution in [2.24, 2.45) is 0 Å². The van der Waals surface area contributed by atoms with Crippen LogP contribution in [0.2, 0.25) is 0 Å². The molecule has 3 rings (SSSR count). The average molecular weight is 377 g/mol. The molecule has 0 bridgehead atoms. The second-order valence-corrected chi connectivity index (χ2v) is 6.16.